The molecule has 2 heterocycles. The van der Waals surface area contributed by atoms with Gasteiger partial charge in [0, 0.05) is 12.2 Å². The van der Waals surface area contributed by atoms with Crippen molar-refractivity contribution >= 4 is 22.4 Å². The van der Waals surface area contributed by atoms with E-state index >= 15 is 0 Å². The van der Waals surface area contributed by atoms with E-state index in [1.165, 1.54) is 11.3 Å². The van der Waals surface area contributed by atoms with Crippen molar-refractivity contribution in [3.63, 3.8) is 0 Å². The Morgan fingerprint density at radius 3 is 3.14 bits per heavy atom. The van der Waals surface area contributed by atoms with E-state index in [0.29, 0.717) is 23.1 Å². The summed E-state index contributed by atoms with van der Waals surface area (Å²) in [5, 5.41) is 11.8. The van der Waals surface area contributed by atoms with Crippen LogP contribution in [-0.2, 0) is 4.74 Å². The van der Waals surface area contributed by atoms with Crippen LogP contribution in [0.2, 0.25) is 0 Å². The Balaban J connectivity index is 1.61. The van der Waals surface area contributed by atoms with Gasteiger partial charge in [-0.15, -0.1) is 10.2 Å². The molecule has 3 rings (SSSR count). The van der Waals surface area contributed by atoms with Crippen LogP contribution >= 0.6 is 11.3 Å². The summed E-state index contributed by atoms with van der Waals surface area (Å²) in [5.74, 6) is 0.440. The van der Waals surface area contributed by atoms with Crippen LogP contribution in [0.3, 0.4) is 0 Å². The van der Waals surface area contributed by atoms with Gasteiger partial charge in [-0.25, -0.2) is 0 Å². The maximum absolute atomic E-state index is 12.2. The quantitative estimate of drug-likeness (QED) is 0.917. The highest BCUT2D eigenvalue weighted by molar-refractivity contribution is 7.15. The van der Waals surface area contributed by atoms with Crippen LogP contribution in [0.15, 0.2) is 24.3 Å². The molecular weight excluding hydrogens is 302 g/mol. The SMILES string of the molecule is Cc1nnc(NC(=O)c2cccc(OC[C@H]3CCCO3)c2)s1. The standard InChI is InChI=1S/C15H17N3O3S/c1-10-17-18-15(22-10)16-14(19)11-4-2-5-12(8-11)21-9-13-6-3-7-20-13/h2,4-5,8,13H,3,6-7,9H2,1H3,(H,16,18,19)/t13-/m1/s1. The Morgan fingerprint density at radius 2 is 2.41 bits per heavy atom. The maximum Gasteiger partial charge on any atom is 0.257 e. The summed E-state index contributed by atoms with van der Waals surface area (Å²) in [6.07, 6.45) is 2.26. The van der Waals surface area contributed by atoms with Crippen molar-refractivity contribution in [2.75, 3.05) is 18.5 Å². The van der Waals surface area contributed by atoms with Crippen LogP contribution in [0, 0.1) is 6.92 Å². The predicted octanol–water partition coefficient (Wildman–Crippen LogP) is 2.66. The topological polar surface area (TPSA) is 73.3 Å². The van der Waals surface area contributed by atoms with Crippen molar-refractivity contribution in [1.82, 2.24) is 10.2 Å². The molecule has 1 saturated heterocycles. The van der Waals surface area contributed by atoms with Gasteiger partial charge in [-0.05, 0) is 38.0 Å². The highest BCUT2D eigenvalue weighted by Gasteiger charge is 2.16. The van der Waals surface area contributed by atoms with Gasteiger partial charge >= 0.3 is 0 Å². The monoisotopic (exact) mass is 319 g/mol. The lowest BCUT2D eigenvalue weighted by Crippen LogP contribution is -2.17. The number of aryl methyl sites for hydroxylation is 1. The van der Waals surface area contributed by atoms with E-state index in [1.807, 2.05) is 13.0 Å². The summed E-state index contributed by atoms with van der Waals surface area (Å²) in [7, 11) is 0. The molecule has 1 aromatic heterocycles. The number of ether oxygens (including phenoxy) is 2. The molecule has 1 aliphatic rings. The van der Waals surface area contributed by atoms with Gasteiger partial charge in [0.1, 0.15) is 17.4 Å². The van der Waals surface area contributed by atoms with Crippen molar-refractivity contribution in [3.05, 3.63) is 34.8 Å². The Hall–Kier alpha value is -1.99. The smallest absolute Gasteiger partial charge is 0.257 e. The average Bonchev–Trinajstić information content (AvgIpc) is 3.17. The van der Waals surface area contributed by atoms with Gasteiger partial charge in [-0.3, -0.25) is 10.1 Å². The van der Waals surface area contributed by atoms with Crippen molar-refractivity contribution in [3.8, 4) is 5.75 Å². The third kappa shape index (κ3) is 3.80. The zero-order valence-electron chi connectivity index (χ0n) is 12.2. The molecule has 0 saturated carbocycles. The number of nitrogens with one attached hydrogen (secondary N) is 1. The molecule has 116 valence electrons. The summed E-state index contributed by atoms with van der Waals surface area (Å²) >= 11 is 1.34. The first-order valence-electron chi connectivity index (χ1n) is 7.16. The van der Waals surface area contributed by atoms with Gasteiger partial charge in [0.15, 0.2) is 0 Å². The fourth-order valence-electron chi connectivity index (χ4n) is 2.21. The number of nitrogens with zero attached hydrogens (tertiary/aromatic N) is 2. The van der Waals surface area contributed by atoms with E-state index in [9.17, 15) is 4.79 Å². The third-order valence-electron chi connectivity index (χ3n) is 3.30. The minimum atomic E-state index is -0.223. The molecule has 1 N–H and O–H groups in total. The van der Waals surface area contributed by atoms with Crippen molar-refractivity contribution < 1.29 is 14.3 Å². The highest BCUT2D eigenvalue weighted by atomic mass is 32.1. The zero-order valence-corrected chi connectivity index (χ0v) is 13.1. The second-order valence-corrected chi connectivity index (χ2v) is 6.24. The van der Waals surface area contributed by atoms with E-state index in [1.54, 1.807) is 18.2 Å². The lowest BCUT2D eigenvalue weighted by atomic mass is 10.2. The van der Waals surface area contributed by atoms with Gasteiger partial charge in [-0.2, -0.15) is 0 Å². The summed E-state index contributed by atoms with van der Waals surface area (Å²) in [6.45, 7) is 3.16. The first-order valence-corrected chi connectivity index (χ1v) is 7.98. The number of aromatic nitrogens is 2. The molecule has 2 aromatic rings. The van der Waals surface area contributed by atoms with E-state index in [0.717, 1.165) is 24.5 Å². The van der Waals surface area contributed by atoms with Crippen molar-refractivity contribution in [2.24, 2.45) is 0 Å². The molecule has 22 heavy (non-hydrogen) atoms. The number of rotatable bonds is 5. The van der Waals surface area contributed by atoms with Gasteiger partial charge < -0.3 is 9.47 Å². The van der Waals surface area contributed by atoms with Gasteiger partial charge in [-0.1, -0.05) is 17.4 Å². The van der Waals surface area contributed by atoms with Crippen LogP contribution in [0.1, 0.15) is 28.2 Å². The number of anilines is 1. The summed E-state index contributed by atoms with van der Waals surface area (Å²) < 4.78 is 11.2. The molecule has 1 aromatic carbocycles. The minimum absolute atomic E-state index is 0.154. The van der Waals surface area contributed by atoms with E-state index in [-0.39, 0.29) is 12.0 Å². The Bertz CT molecular complexity index is 653. The number of carbonyl (C=O) groups is 1. The number of benzene rings is 1. The normalized spacial score (nSPS) is 17.4. The molecule has 0 unspecified atom stereocenters. The molecule has 1 amide bonds. The summed E-state index contributed by atoms with van der Waals surface area (Å²) in [6, 6.07) is 7.09. The van der Waals surface area contributed by atoms with Crippen LogP contribution in [0.25, 0.3) is 0 Å². The lowest BCUT2D eigenvalue weighted by molar-refractivity contribution is 0.0679. The van der Waals surface area contributed by atoms with E-state index in [4.69, 9.17) is 9.47 Å². The van der Waals surface area contributed by atoms with Crippen LogP contribution < -0.4 is 10.1 Å². The highest BCUT2D eigenvalue weighted by Crippen LogP contribution is 2.19. The van der Waals surface area contributed by atoms with Crippen molar-refractivity contribution in [1.29, 1.82) is 0 Å². The molecule has 1 atom stereocenters. The number of hydrogen-bond donors (Lipinski definition) is 1. The van der Waals surface area contributed by atoms with Crippen molar-refractivity contribution in [2.45, 2.75) is 25.9 Å². The summed E-state index contributed by atoms with van der Waals surface area (Å²) in [5.41, 5.74) is 0.526. The Labute approximate surface area is 132 Å². The molecule has 0 spiro atoms. The third-order valence-corrected chi connectivity index (χ3v) is 4.06. The second kappa shape index (κ2) is 6.85. The van der Waals surface area contributed by atoms with Crippen LogP contribution in [0.4, 0.5) is 5.13 Å². The van der Waals surface area contributed by atoms with Crippen LogP contribution in [-0.4, -0.2) is 35.4 Å². The molecule has 1 fully saturated rings. The van der Waals surface area contributed by atoms with E-state index < -0.39 is 0 Å². The second-order valence-electron chi connectivity index (χ2n) is 5.05. The van der Waals surface area contributed by atoms with E-state index in [2.05, 4.69) is 15.5 Å². The Morgan fingerprint density at radius 1 is 1.50 bits per heavy atom. The van der Waals surface area contributed by atoms with Gasteiger partial charge in [0.05, 0.1) is 6.10 Å². The summed E-state index contributed by atoms with van der Waals surface area (Å²) in [4.78, 5) is 12.2. The average molecular weight is 319 g/mol. The number of hydrogen-bond acceptors (Lipinski definition) is 6. The number of carbonyl (C=O) groups excluding carboxylic acids is 1. The Kier molecular flexibility index (Phi) is 4.65. The van der Waals surface area contributed by atoms with Gasteiger partial charge in [0.25, 0.3) is 5.91 Å². The molecule has 0 radical (unpaired) electrons. The minimum Gasteiger partial charge on any atom is -0.491 e. The largest absolute Gasteiger partial charge is 0.491 e. The molecule has 0 bridgehead atoms. The maximum atomic E-state index is 12.2. The molecule has 7 heteroatoms. The van der Waals surface area contributed by atoms with Gasteiger partial charge in [0.2, 0.25) is 5.13 Å². The predicted molar refractivity (Wildman–Crippen MR) is 83.5 cm³/mol. The first-order chi connectivity index (χ1) is 10.7. The molecular formula is C15H17N3O3S. The first kappa shape index (κ1) is 14.9. The number of amides is 1. The molecule has 1 aliphatic heterocycles. The zero-order chi connectivity index (χ0) is 15.4. The lowest BCUT2D eigenvalue weighted by Gasteiger charge is -2.12. The van der Waals surface area contributed by atoms with Crippen LogP contribution in [0.5, 0.6) is 5.75 Å². The molecule has 0 aliphatic carbocycles. The fraction of sp³-hybridized carbons (Fsp3) is 0.400. The fourth-order valence-corrected chi connectivity index (χ4v) is 2.80. The molecule has 6 nitrogen and oxygen atoms in total.